The molecule has 0 bridgehead atoms. The van der Waals surface area contributed by atoms with Crippen molar-refractivity contribution in [3.8, 4) is 0 Å². The minimum Gasteiger partial charge on any atom is -0.444 e. The van der Waals surface area contributed by atoms with Gasteiger partial charge in [0.2, 0.25) is 0 Å². The zero-order valence-electron chi connectivity index (χ0n) is 9.97. The standard InChI is InChI=1S/C11H13ClN2O4/c1-7(2)13-11(15)18-6-8-5-9(12)3-4-10(8)14(16)17/h3-5,7H,6H2,1-2H3,(H,13,15). The van der Waals surface area contributed by atoms with Crippen LogP contribution in [0.1, 0.15) is 19.4 Å². The zero-order valence-corrected chi connectivity index (χ0v) is 10.7. The average molecular weight is 273 g/mol. The summed E-state index contributed by atoms with van der Waals surface area (Å²) in [6.45, 7) is 3.36. The fourth-order valence-corrected chi connectivity index (χ4v) is 1.46. The Morgan fingerprint density at radius 2 is 2.22 bits per heavy atom. The van der Waals surface area contributed by atoms with Crippen molar-refractivity contribution in [2.24, 2.45) is 0 Å². The highest BCUT2D eigenvalue weighted by Gasteiger charge is 2.15. The van der Waals surface area contributed by atoms with E-state index in [2.05, 4.69) is 5.32 Å². The maximum Gasteiger partial charge on any atom is 0.407 e. The van der Waals surface area contributed by atoms with Gasteiger partial charge in [0.15, 0.2) is 0 Å². The molecule has 0 aliphatic carbocycles. The summed E-state index contributed by atoms with van der Waals surface area (Å²) < 4.78 is 4.87. The van der Waals surface area contributed by atoms with Gasteiger partial charge in [0.1, 0.15) is 6.61 Å². The second kappa shape index (κ2) is 6.20. The number of nitro benzene ring substituents is 1. The SMILES string of the molecule is CC(C)NC(=O)OCc1cc(Cl)ccc1[N+](=O)[O-]. The van der Waals surface area contributed by atoms with Crippen molar-refractivity contribution in [2.45, 2.75) is 26.5 Å². The fourth-order valence-electron chi connectivity index (χ4n) is 1.27. The minimum absolute atomic E-state index is 0.0631. The molecule has 1 N–H and O–H groups in total. The molecule has 0 radical (unpaired) electrons. The summed E-state index contributed by atoms with van der Waals surface area (Å²) in [6.07, 6.45) is -0.626. The van der Waals surface area contributed by atoms with Crippen molar-refractivity contribution in [2.75, 3.05) is 0 Å². The second-order valence-electron chi connectivity index (χ2n) is 3.91. The molecular weight excluding hydrogens is 260 g/mol. The molecule has 1 amide bonds. The van der Waals surface area contributed by atoms with E-state index >= 15 is 0 Å². The molecule has 0 unspecified atom stereocenters. The zero-order chi connectivity index (χ0) is 13.7. The highest BCUT2D eigenvalue weighted by atomic mass is 35.5. The topological polar surface area (TPSA) is 81.5 Å². The van der Waals surface area contributed by atoms with Crippen LogP contribution in [0, 0.1) is 10.1 Å². The lowest BCUT2D eigenvalue weighted by molar-refractivity contribution is -0.385. The summed E-state index contributed by atoms with van der Waals surface area (Å²) in [4.78, 5) is 21.5. The number of benzene rings is 1. The summed E-state index contributed by atoms with van der Waals surface area (Å²) >= 11 is 5.74. The van der Waals surface area contributed by atoms with Gasteiger partial charge in [-0.15, -0.1) is 0 Å². The molecule has 1 aromatic carbocycles. The maximum absolute atomic E-state index is 11.3. The van der Waals surface area contributed by atoms with Crippen LogP contribution in [0.3, 0.4) is 0 Å². The molecule has 0 saturated carbocycles. The van der Waals surface area contributed by atoms with Gasteiger partial charge in [0.25, 0.3) is 5.69 Å². The Kier molecular flexibility index (Phi) is 4.91. The van der Waals surface area contributed by atoms with E-state index in [1.54, 1.807) is 13.8 Å². The van der Waals surface area contributed by atoms with Gasteiger partial charge in [-0.2, -0.15) is 0 Å². The molecule has 0 aliphatic heterocycles. The Morgan fingerprint density at radius 3 is 2.78 bits per heavy atom. The summed E-state index contributed by atoms with van der Waals surface area (Å²) in [7, 11) is 0. The number of halogens is 1. The molecule has 0 spiro atoms. The number of carbonyl (C=O) groups excluding carboxylic acids is 1. The van der Waals surface area contributed by atoms with E-state index in [-0.39, 0.29) is 23.9 Å². The van der Waals surface area contributed by atoms with Crippen LogP contribution in [0.25, 0.3) is 0 Å². The molecular formula is C11H13ClN2O4. The largest absolute Gasteiger partial charge is 0.444 e. The number of amides is 1. The highest BCUT2D eigenvalue weighted by Crippen LogP contribution is 2.23. The number of hydrogen-bond donors (Lipinski definition) is 1. The Labute approximate surface area is 109 Å². The molecule has 1 rings (SSSR count). The van der Waals surface area contributed by atoms with Crippen molar-refractivity contribution >= 4 is 23.4 Å². The van der Waals surface area contributed by atoms with E-state index in [0.29, 0.717) is 5.02 Å². The first-order valence-electron chi connectivity index (χ1n) is 5.26. The lowest BCUT2D eigenvalue weighted by Crippen LogP contribution is -2.30. The number of carbonyl (C=O) groups is 1. The number of rotatable bonds is 4. The van der Waals surface area contributed by atoms with Gasteiger partial charge in [-0.3, -0.25) is 10.1 Å². The smallest absolute Gasteiger partial charge is 0.407 e. The van der Waals surface area contributed by atoms with Crippen LogP contribution in [0.5, 0.6) is 0 Å². The summed E-state index contributed by atoms with van der Waals surface area (Å²) in [5.74, 6) is 0. The van der Waals surface area contributed by atoms with Crippen LogP contribution in [-0.2, 0) is 11.3 Å². The molecule has 1 aromatic rings. The lowest BCUT2D eigenvalue weighted by atomic mass is 10.2. The third-order valence-electron chi connectivity index (χ3n) is 2.00. The quantitative estimate of drug-likeness (QED) is 0.675. The van der Waals surface area contributed by atoms with Gasteiger partial charge in [0.05, 0.1) is 10.5 Å². The van der Waals surface area contributed by atoms with Gasteiger partial charge in [-0.25, -0.2) is 4.79 Å². The van der Waals surface area contributed by atoms with Crippen LogP contribution in [-0.4, -0.2) is 17.1 Å². The van der Waals surface area contributed by atoms with Crippen LogP contribution < -0.4 is 5.32 Å². The van der Waals surface area contributed by atoms with E-state index < -0.39 is 11.0 Å². The first-order valence-corrected chi connectivity index (χ1v) is 5.64. The fraction of sp³-hybridized carbons (Fsp3) is 0.364. The second-order valence-corrected chi connectivity index (χ2v) is 4.34. The number of nitrogens with zero attached hydrogens (tertiary/aromatic N) is 1. The average Bonchev–Trinajstić information content (AvgIpc) is 2.25. The molecule has 0 atom stereocenters. The normalized spacial score (nSPS) is 10.2. The lowest BCUT2D eigenvalue weighted by Gasteiger charge is -2.09. The molecule has 0 aromatic heterocycles. The Hall–Kier alpha value is -1.82. The first kappa shape index (κ1) is 14.2. The third kappa shape index (κ3) is 4.21. The van der Waals surface area contributed by atoms with E-state index in [0.717, 1.165) is 0 Å². The minimum atomic E-state index is -0.626. The van der Waals surface area contributed by atoms with E-state index in [9.17, 15) is 14.9 Å². The van der Waals surface area contributed by atoms with Gasteiger partial charge >= 0.3 is 6.09 Å². The predicted octanol–water partition coefficient (Wildman–Crippen LogP) is 2.88. The van der Waals surface area contributed by atoms with E-state index in [4.69, 9.17) is 16.3 Å². The number of alkyl carbamates (subject to hydrolysis) is 1. The molecule has 18 heavy (non-hydrogen) atoms. The molecule has 0 aliphatic rings. The van der Waals surface area contributed by atoms with E-state index in [1.807, 2.05) is 0 Å². The predicted molar refractivity (Wildman–Crippen MR) is 66.6 cm³/mol. The third-order valence-corrected chi connectivity index (χ3v) is 2.24. The number of nitrogens with one attached hydrogen (secondary N) is 1. The van der Waals surface area contributed by atoms with Crippen LogP contribution in [0.2, 0.25) is 5.02 Å². The van der Waals surface area contributed by atoms with Gasteiger partial charge in [0, 0.05) is 17.1 Å². The van der Waals surface area contributed by atoms with Crippen molar-refractivity contribution in [3.63, 3.8) is 0 Å². The van der Waals surface area contributed by atoms with Crippen LogP contribution >= 0.6 is 11.6 Å². The van der Waals surface area contributed by atoms with Crippen LogP contribution in [0.4, 0.5) is 10.5 Å². The Balaban J connectivity index is 2.74. The van der Waals surface area contributed by atoms with Gasteiger partial charge in [-0.1, -0.05) is 11.6 Å². The number of ether oxygens (including phenoxy) is 1. The summed E-state index contributed by atoms with van der Waals surface area (Å²) in [5.41, 5.74) is 0.128. The van der Waals surface area contributed by atoms with Crippen LogP contribution in [0.15, 0.2) is 18.2 Å². The summed E-state index contributed by atoms with van der Waals surface area (Å²) in [5, 5.41) is 13.6. The van der Waals surface area contributed by atoms with Gasteiger partial charge in [-0.05, 0) is 26.0 Å². The molecule has 98 valence electrons. The molecule has 7 heteroatoms. The molecule has 0 fully saturated rings. The van der Waals surface area contributed by atoms with Gasteiger partial charge < -0.3 is 10.1 Å². The van der Waals surface area contributed by atoms with Crippen molar-refractivity contribution in [1.82, 2.24) is 5.32 Å². The van der Waals surface area contributed by atoms with Crippen molar-refractivity contribution in [1.29, 1.82) is 0 Å². The Bertz CT molecular complexity index is 462. The van der Waals surface area contributed by atoms with Crippen molar-refractivity contribution in [3.05, 3.63) is 38.9 Å². The number of nitro groups is 1. The van der Waals surface area contributed by atoms with E-state index in [1.165, 1.54) is 18.2 Å². The highest BCUT2D eigenvalue weighted by molar-refractivity contribution is 6.30. The number of hydrogen-bond acceptors (Lipinski definition) is 4. The molecule has 6 nitrogen and oxygen atoms in total. The Morgan fingerprint density at radius 1 is 1.56 bits per heavy atom. The molecule has 0 saturated heterocycles. The summed E-state index contributed by atoms with van der Waals surface area (Å²) in [6, 6.07) is 4.04. The maximum atomic E-state index is 11.3. The van der Waals surface area contributed by atoms with Crippen molar-refractivity contribution < 1.29 is 14.5 Å². The first-order chi connectivity index (χ1) is 8.40. The molecule has 0 heterocycles. The monoisotopic (exact) mass is 272 g/mol.